The van der Waals surface area contributed by atoms with Crippen LogP contribution in [-0.2, 0) is 4.79 Å². The van der Waals surface area contributed by atoms with Crippen LogP contribution in [0, 0.1) is 12.3 Å². The number of nitrogens with zero attached hydrogens (tertiary/aromatic N) is 1. The number of carbonyl (C=O) groups excluding carboxylic acids is 1. The Balaban J connectivity index is 2.35. The van der Waals surface area contributed by atoms with E-state index in [4.69, 9.17) is 9.52 Å². The average molecular weight is 293 g/mol. The molecule has 2 aromatic heterocycles. The molecule has 2 heterocycles. The lowest BCUT2D eigenvalue weighted by molar-refractivity contribution is -0.146. The van der Waals surface area contributed by atoms with Crippen molar-refractivity contribution in [3.63, 3.8) is 0 Å². The number of amides is 1. The van der Waals surface area contributed by atoms with E-state index < -0.39 is 22.9 Å². The van der Waals surface area contributed by atoms with E-state index in [1.807, 2.05) is 0 Å². The fourth-order valence-corrected chi connectivity index (χ4v) is 1.79. The summed E-state index contributed by atoms with van der Waals surface area (Å²) in [6.07, 6.45) is 1.18. The van der Waals surface area contributed by atoms with E-state index in [9.17, 15) is 14.4 Å². The molecule has 0 unspecified atom stereocenters. The van der Waals surface area contributed by atoms with Crippen LogP contribution in [-0.4, -0.2) is 33.5 Å². The molecule has 0 aliphatic carbocycles. The Morgan fingerprint density at radius 2 is 2.14 bits per heavy atom. The van der Waals surface area contributed by atoms with Crippen LogP contribution in [0.25, 0.3) is 11.1 Å². The predicted octanol–water partition coefficient (Wildman–Crippen LogP) is 0.665. The summed E-state index contributed by atoms with van der Waals surface area (Å²) in [4.78, 5) is 41.3. The maximum Gasteiger partial charge on any atom is 0.310 e. The lowest BCUT2D eigenvalue weighted by Crippen LogP contribution is -2.39. The first-order valence-electron chi connectivity index (χ1n) is 6.22. The molecule has 0 saturated heterocycles. The van der Waals surface area contributed by atoms with Gasteiger partial charge in [0.1, 0.15) is 11.1 Å². The largest absolute Gasteiger partial charge is 0.481 e. The Kier molecular flexibility index (Phi) is 3.54. The first kappa shape index (κ1) is 14.8. The highest BCUT2D eigenvalue weighted by Crippen LogP contribution is 2.21. The van der Waals surface area contributed by atoms with Crippen LogP contribution >= 0.6 is 0 Å². The van der Waals surface area contributed by atoms with Gasteiger partial charge in [0.05, 0.1) is 17.3 Å². The fraction of sp³-hybridized carbons (Fsp3) is 0.385. The summed E-state index contributed by atoms with van der Waals surface area (Å²) in [7, 11) is 0. The summed E-state index contributed by atoms with van der Waals surface area (Å²) >= 11 is 0. The van der Waals surface area contributed by atoms with Gasteiger partial charge in [0.2, 0.25) is 5.71 Å². The van der Waals surface area contributed by atoms with Crippen molar-refractivity contribution in [1.29, 1.82) is 0 Å². The van der Waals surface area contributed by atoms with Gasteiger partial charge in [-0.05, 0) is 20.8 Å². The highest BCUT2D eigenvalue weighted by atomic mass is 16.4. The molecule has 0 aromatic carbocycles. The molecule has 0 aliphatic heterocycles. The zero-order chi connectivity index (χ0) is 15.8. The van der Waals surface area contributed by atoms with Crippen molar-refractivity contribution in [1.82, 2.24) is 15.3 Å². The Labute approximate surface area is 119 Å². The van der Waals surface area contributed by atoms with Gasteiger partial charge in [-0.25, -0.2) is 4.98 Å². The standard InChI is InChI=1S/C13H15N3O5/c1-6-7(8-10(18)15-5-16-11(8)21-6)9(17)14-4-13(2,3)12(19)20/h5H,4H2,1-3H3,(H,14,17)(H,19,20)(H,15,16,18). The summed E-state index contributed by atoms with van der Waals surface area (Å²) < 4.78 is 5.27. The molecule has 8 heteroatoms. The summed E-state index contributed by atoms with van der Waals surface area (Å²) in [5.74, 6) is -1.35. The number of hydrogen-bond donors (Lipinski definition) is 3. The third-order valence-corrected chi connectivity index (χ3v) is 3.17. The number of H-pyrrole nitrogens is 1. The smallest absolute Gasteiger partial charge is 0.310 e. The third kappa shape index (κ3) is 2.64. The average Bonchev–Trinajstić information content (AvgIpc) is 2.73. The number of carbonyl (C=O) groups is 2. The zero-order valence-corrected chi connectivity index (χ0v) is 11.8. The zero-order valence-electron chi connectivity index (χ0n) is 11.8. The summed E-state index contributed by atoms with van der Waals surface area (Å²) in [6, 6.07) is 0. The van der Waals surface area contributed by atoms with E-state index in [2.05, 4.69) is 15.3 Å². The van der Waals surface area contributed by atoms with Crippen LogP contribution in [0.15, 0.2) is 15.5 Å². The minimum absolute atomic E-state index is 0.0561. The molecule has 2 rings (SSSR count). The van der Waals surface area contributed by atoms with Crippen LogP contribution in [0.4, 0.5) is 0 Å². The fourth-order valence-electron chi connectivity index (χ4n) is 1.79. The molecule has 1 amide bonds. The van der Waals surface area contributed by atoms with Crippen LogP contribution in [0.3, 0.4) is 0 Å². The molecule has 0 bridgehead atoms. The van der Waals surface area contributed by atoms with Gasteiger partial charge in [-0.2, -0.15) is 0 Å². The number of aromatic nitrogens is 2. The first-order valence-corrected chi connectivity index (χ1v) is 6.22. The van der Waals surface area contributed by atoms with Gasteiger partial charge < -0.3 is 19.8 Å². The molecule has 2 aromatic rings. The van der Waals surface area contributed by atoms with Crippen molar-refractivity contribution >= 4 is 23.0 Å². The molecule has 112 valence electrons. The molecule has 8 nitrogen and oxygen atoms in total. The number of carboxylic acids is 1. The predicted molar refractivity (Wildman–Crippen MR) is 73.1 cm³/mol. The van der Waals surface area contributed by atoms with E-state index in [1.54, 1.807) is 6.92 Å². The minimum Gasteiger partial charge on any atom is -0.481 e. The van der Waals surface area contributed by atoms with E-state index in [1.165, 1.54) is 20.2 Å². The van der Waals surface area contributed by atoms with E-state index in [0.29, 0.717) is 0 Å². The van der Waals surface area contributed by atoms with Crippen LogP contribution in [0.2, 0.25) is 0 Å². The second-order valence-corrected chi connectivity index (χ2v) is 5.32. The Morgan fingerprint density at radius 1 is 1.48 bits per heavy atom. The van der Waals surface area contributed by atoms with Gasteiger partial charge >= 0.3 is 5.97 Å². The molecular formula is C13H15N3O5. The highest BCUT2D eigenvalue weighted by molar-refractivity contribution is 6.06. The van der Waals surface area contributed by atoms with Crippen molar-refractivity contribution in [3.05, 3.63) is 28.0 Å². The maximum absolute atomic E-state index is 12.2. The van der Waals surface area contributed by atoms with Crippen molar-refractivity contribution in [2.45, 2.75) is 20.8 Å². The molecule has 0 aliphatic rings. The number of fused-ring (bicyclic) bond motifs is 1. The number of carboxylic acid groups (broad SMARTS) is 1. The van der Waals surface area contributed by atoms with Gasteiger partial charge in [-0.15, -0.1) is 0 Å². The van der Waals surface area contributed by atoms with Crippen LogP contribution in [0.1, 0.15) is 30.0 Å². The van der Waals surface area contributed by atoms with E-state index in [-0.39, 0.29) is 29.0 Å². The number of hydrogen-bond acceptors (Lipinski definition) is 5. The summed E-state index contributed by atoms with van der Waals surface area (Å²) in [5.41, 5.74) is -1.47. The number of aromatic amines is 1. The molecule has 0 atom stereocenters. The lowest BCUT2D eigenvalue weighted by atomic mass is 9.94. The van der Waals surface area contributed by atoms with Crippen molar-refractivity contribution < 1.29 is 19.1 Å². The number of rotatable bonds is 4. The molecule has 0 spiro atoms. The van der Waals surface area contributed by atoms with E-state index >= 15 is 0 Å². The number of furan rings is 1. The van der Waals surface area contributed by atoms with Crippen LogP contribution in [0.5, 0.6) is 0 Å². The second kappa shape index (κ2) is 5.04. The number of nitrogens with one attached hydrogen (secondary N) is 2. The monoisotopic (exact) mass is 293 g/mol. The van der Waals surface area contributed by atoms with Crippen molar-refractivity contribution in [2.75, 3.05) is 6.54 Å². The first-order chi connectivity index (χ1) is 9.74. The second-order valence-electron chi connectivity index (χ2n) is 5.32. The van der Waals surface area contributed by atoms with Gasteiger partial charge in [0.15, 0.2) is 0 Å². The molecule has 0 saturated carbocycles. The van der Waals surface area contributed by atoms with Crippen molar-refractivity contribution in [3.8, 4) is 0 Å². The Morgan fingerprint density at radius 3 is 2.76 bits per heavy atom. The number of aliphatic carboxylic acids is 1. The molecule has 0 radical (unpaired) electrons. The van der Waals surface area contributed by atoms with Gasteiger partial charge in [0, 0.05) is 6.54 Å². The SMILES string of the molecule is Cc1oc2nc[nH]c(=O)c2c1C(=O)NCC(C)(C)C(=O)O. The topological polar surface area (TPSA) is 125 Å². The molecule has 0 fully saturated rings. The van der Waals surface area contributed by atoms with Gasteiger partial charge in [-0.1, -0.05) is 0 Å². The Hall–Kier alpha value is -2.64. The van der Waals surface area contributed by atoms with Crippen molar-refractivity contribution in [2.24, 2.45) is 5.41 Å². The molecular weight excluding hydrogens is 278 g/mol. The highest BCUT2D eigenvalue weighted by Gasteiger charge is 2.29. The lowest BCUT2D eigenvalue weighted by Gasteiger charge is -2.19. The molecule has 3 N–H and O–H groups in total. The minimum atomic E-state index is -1.12. The quantitative estimate of drug-likeness (QED) is 0.760. The van der Waals surface area contributed by atoms with Gasteiger partial charge in [-0.3, -0.25) is 14.4 Å². The summed E-state index contributed by atoms with van der Waals surface area (Å²) in [5, 5.41) is 11.6. The van der Waals surface area contributed by atoms with Crippen LogP contribution < -0.4 is 10.9 Å². The number of aryl methyl sites for hydroxylation is 1. The Bertz CT molecular complexity index is 772. The maximum atomic E-state index is 12.2. The third-order valence-electron chi connectivity index (χ3n) is 3.17. The van der Waals surface area contributed by atoms with E-state index in [0.717, 1.165) is 0 Å². The van der Waals surface area contributed by atoms with Gasteiger partial charge in [0.25, 0.3) is 11.5 Å². The normalized spacial score (nSPS) is 11.6. The molecule has 21 heavy (non-hydrogen) atoms. The summed E-state index contributed by atoms with van der Waals surface area (Å²) in [6.45, 7) is 4.44.